The zero-order chi connectivity index (χ0) is 10.6. The first kappa shape index (κ1) is 11.2. The van der Waals surface area contributed by atoms with E-state index in [0.29, 0.717) is 0 Å². The number of ketones is 1. The molecule has 0 saturated heterocycles. The van der Waals surface area contributed by atoms with E-state index in [2.05, 4.69) is 5.32 Å². The van der Waals surface area contributed by atoms with Crippen LogP contribution in [0.5, 0.6) is 0 Å². The fourth-order valence-electron chi connectivity index (χ4n) is 1.93. The molecular weight excluding hydrogens is 182 g/mol. The van der Waals surface area contributed by atoms with E-state index in [1.54, 1.807) is 0 Å². The van der Waals surface area contributed by atoms with Crippen molar-refractivity contribution in [1.29, 1.82) is 0 Å². The predicted octanol–water partition coefficient (Wildman–Crippen LogP) is 0.243. The van der Waals surface area contributed by atoms with Gasteiger partial charge in [-0.3, -0.25) is 9.59 Å². The minimum absolute atomic E-state index is 0.0470. The molecule has 0 aromatic rings. The van der Waals surface area contributed by atoms with E-state index in [1.165, 1.54) is 6.92 Å². The molecule has 1 aliphatic carbocycles. The Hall–Kier alpha value is -0.900. The number of hydrogen-bond donors (Lipinski definition) is 2. The van der Waals surface area contributed by atoms with E-state index in [9.17, 15) is 9.59 Å². The summed E-state index contributed by atoms with van der Waals surface area (Å²) < 4.78 is 0. The van der Waals surface area contributed by atoms with E-state index in [4.69, 9.17) is 5.11 Å². The molecule has 2 atom stereocenters. The number of carbonyl (C=O) groups excluding carboxylic acids is 2. The average molecular weight is 199 g/mol. The first-order valence-electron chi connectivity index (χ1n) is 5.03. The summed E-state index contributed by atoms with van der Waals surface area (Å²) in [4.78, 5) is 21.9. The van der Waals surface area contributed by atoms with Crippen LogP contribution in [0, 0.1) is 5.92 Å². The normalized spacial score (nSPS) is 26.1. The lowest BCUT2D eigenvalue weighted by Gasteiger charge is -2.18. The Kier molecular flexibility index (Phi) is 4.07. The van der Waals surface area contributed by atoms with E-state index in [0.717, 1.165) is 19.3 Å². The van der Waals surface area contributed by atoms with Crippen LogP contribution in [0.3, 0.4) is 0 Å². The van der Waals surface area contributed by atoms with Gasteiger partial charge in [0.15, 0.2) is 0 Å². The van der Waals surface area contributed by atoms with Crippen LogP contribution in [-0.2, 0) is 9.59 Å². The Bertz CT molecular complexity index is 227. The summed E-state index contributed by atoms with van der Waals surface area (Å²) in [7, 11) is 0. The molecule has 4 heteroatoms. The van der Waals surface area contributed by atoms with Gasteiger partial charge in [0.1, 0.15) is 5.78 Å². The van der Waals surface area contributed by atoms with Gasteiger partial charge in [0.25, 0.3) is 0 Å². The SMILES string of the molecule is CC(=O)CC(=O)NC1CCCC1CO. The number of aliphatic hydroxyl groups excluding tert-OH is 1. The van der Waals surface area contributed by atoms with Gasteiger partial charge in [0.05, 0.1) is 6.42 Å². The molecule has 1 saturated carbocycles. The average Bonchev–Trinajstić information content (AvgIpc) is 2.50. The number of rotatable bonds is 4. The molecule has 14 heavy (non-hydrogen) atoms. The molecule has 0 aromatic heterocycles. The topological polar surface area (TPSA) is 66.4 Å². The van der Waals surface area contributed by atoms with Crippen molar-refractivity contribution in [3.05, 3.63) is 0 Å². The fourth-order valence-corrected chi connectivity index (χ4v) is 1.93. The maximum absolute atomic E-state index is 11.3. The predicted molar refractivity (Wildman–Crippen MR) is 51.7 cm³/mol. The van der Waals surface area contributed by atoms with Crippen molar-refractivity contribution in [3.8, 4) is 0 Å². The molecule has 1 fully saturated rings. The lowest BCUT2D eigenvalue weighted by Crippen LogP contribution is -2.39. The number of Topliss-reactive ketones (excluding diaryl/α,β-unsaturated/α-hetero) is 1. The second-order valence-corrected chi connectivity index (χ2v) is 3.93. The molecule has 2 unspecified atom stereocenters. The highest BCUT2D eigenvalue weighted by atomic mass is 16.3. The van der Waals surface area contributed by atoms with Gasteiger partial charge in [-0.1, -0.05) is 6.42 Å². The third kappa shape index (κ3) is 3.10. The minimum atomic E-state index is -0.220. The van der Waals surface area contributed by atoms with Gasteiger partial charge in [-0.05, 0) is 19.8 Å². The van der Waals surface area contributed by atoms with Gasteiger partial charge in [0.2, 0.25) is 5.91 Å². The van der Waals surface area contributed by atoms with E-state index in [-0.39, 0.29) is 36.7 Å². The van der Waals surface area contributed by atoms with E-state index in [1.807, 2.05) is 0 Å². The van der Waals surface area contributed by atoms with Crippen LogP contribution >= 0.6 is 0 Å². The molecule has 0 aromatic carbocycles. The Labute approximate surface area is 83.7 Å². The molecule has 1 rings (SSSR count). The number of nitrogens with one attached hydrogen (secondary N) is 1. The number of hydrogen-bond acceptors (Lipinski definition) is 3. The summed E-state index contributed by atoms with van der Waals surface area (Å²) in [6.45, 7) is 1.52. The highest BCUT2D eigenvalue weighted by Gasteiger charge is 2.27. The highest BCUT2D eigenvalue weighted by Crippen LogP contribution is 2.24. The molecule has 4 nitrogen and oxygen atoms in total. The number of carbonyl (C=O) groups is 2. The van der Waals surface area contributed by atoms with Crippen molar-refractivity contribution in [2.24, 2.45) is 5.92 Å². The smallest absolute Gasteiger partial charge is 0.227 e. The molecule has 0 heterocycles. The molecule has 0 spiro atoms. The highest BCUT2D eigenvalue weighted by molar-refractivity contribution is 5.96. The molecule has 80 valence electrons. The van der Waals surface area contributed by atoms with Gasteiger partial charge in [-0.2, -0.15) is 0 Å². The third-order valence-corrected chi connectivity index (χ3v) is 2.65. The Morgan fingerprint density at radius 1 is 1.43 bits per heavy atom. The van der Waals surface area contributed by atoms with Gasteiger partial charge in [-0.15, -0.1) is 0 Å². The van der Waals surface area contributed by atoms with Crippen LogP contribution in [0.15, 0.2) is 0 Å². The first-order valence-corrected chi connectivity index (χ1v) is 5.03. The molecule has 1 aliphatic rings. The number of amides is 1. The monoisotopic (exact) mass is 199 g/mol. The summed E-state index contributed by atoms with van der Waals surface area (Å²) in [6.07, 6.45) is 2.86. The van der Waals surface area contributed by atoms with Crippen LogP contribution in [0.25, 0.3) is 0 Å². The summed E-state index contributed by atoms with van der Waals surface area (Å²) in [5.74, 6) is -0.171. The number of aliphatic hydroxyl groups is 1. The molecule has 2 N–H and O–H groups in total. The van der Waals surface area contributed by atoms with Crippen LogP contribution in [0.2, 0.25) is 0 Å². The van der Waals surface area contributed by atoms with E-state index < -0.39 is 0 Å². The largest absolute Gasteiger partial charge is 0.396 e. The van der Waals surface area contributed by atoms with Crippen molar-refractivity contribution in [3.63, 3.8) is 0 Å². The first-order chi connectivity index (χ1) is 6.63. The maximum atomic E-state index is 11.3. The minimum Gasteiger partial charge on any atom is -0.396 e. The van der Waals surface area contributed by atoms with Crippen molar-refractivity contribution in [2.75, 3.05) is 6.61 Å². The summed E-state index contributed by atoms with van der Waals surface area (Å²) in [5.41, 5.74) is 0. The Morgan fingerprint density at radius 2 is 2.14 bits per heavy atom. The lowest BCUT2D eigenvalue weighted by atomic mass is 10.0. The van der Waals surface area contributed by atoms with E-state index >= 15 is 0 Å². The van der Waals surface area contributed by atoms with Crippen LogP contribution < -0.4 is 5.32 Å². The summed E-state index contributed by atoms with van der Waals surface area (Å²) in [5, 5.41) is 11.8. The van der Waals surface area contributed by atoms with Crippen LogP contribution in [0.4, 0.5) is 0 Å². The van der Waals surface area contributed by atoms with Crippen molar-refractivity contribution in [2.45, 2.75) is 38.6 Å². The van der Waals surface area contributed by atoms with Crippen molar-refractivity contribution < 1.29 is 14.7 Å². The molecule has 0 radical (unpaired) electrons. The van der Waals surface area contributed by atoms with Gasteiger partial charge >= 0.3 is 0 Å². The van der Waals surface area contributed by atoms with Gasteiger partial charge in [0, 0.05) is 18.6 Å². The quantitative estimate of drug-likeness (QED) is 0.637. The zero-order valence-corrected chi connectivity index (χ0v) is 8.45. The molecule has 0 bridgehead atoms. The Morgan fingerprint density at radius 3 is 2.71 bits per heavy atom. The van der Waals surface area contributed by atoms with Crippen molar-refractivity contribution >= 4 is 11.7 Å². The zero-order valence-electron chi connectivity index (χ0n) is 8.45. The lowest BCUT2D eigenvalue weighted by molar-refractivity contribution is -0.127. The van der Waals surface area contributed by atoms with Gasteiger partial charge < -0.3 is 10.4 Å². The Balaban J connectivity index is 2.35. The molecule has 0 aliphatic heterocycles. The molecular formula is C10H17NO3. The van der Waals surface area contributed by atoms with Crippen LogP contribution in [0.1, 0.15) is 32.6 Å². The fraction of sp³-hybridized carbons (Fsp3) is 0.800. The maximum Gasteiger partial charge on any atom is 0.227 e. The van der Waals surface area contributed by atoms with Gasteiger partial charge in [-0.25, -0.2) is 0 Å². The molecule has 1 amide bonds. The second-order valence-electron chi connectivity index (χ2n) is 3.93. The summed E-state index contributed by atoms with van der Waals surface area (Å²) in [6, 6.07) is 0.0619. The summed E-state index contributed by atoms with van der Waals surface area (Å²) >= 11 is 0. The van der Waals surface area contributed by atoms with Crippen molar-refractivity contribution in [1.82, 2.24) is 5.32 Å². The van der Waals surface area contributed by atoms with Crippen LogP contribution in [-0.4, -0.2) is 29.4 Å². The second kappa shape index (κ2) is 5.10. The standard InChI is InChI=1S/C10H17NO3/c1-7(13)5-10(14)11-9-4-2-3-8(9)6-12/h8-9,12H,2-6H2,1H3,(H,11,14). The third-order valence-electron chi connectivity index (χ3n) is 2.65.